The van der Waals surface area contributed by atoms with Crippen LogP contribution in [0.1, 0.15) is 51.0 Å². The summed E-state index contributed by atoms with van der Waals surface area (Å²) >= 11 is 0. The quantitative estimate of drug-likeness (QED) is 0.636. The van der Waals surface area contributed by atoms with E-state index in [9.17, 15) is 9.18 Å². The molecule has 0 spiro atoms. The van der Waals surface area contributed by atoms with Gasteiger partial charge < -0.3 is 25.3 Å². The smallest absolute Gasteiger partial charge is 0.312 e. The highest BCUT2D eigenvalue weighted by Crippen LogP contribution is 2.30. The first-order chi connectivity index (χ1) is 13.5. The summed E-state index contributed by atoms with van der Waals surface area (Å²) in [7, 11) is 0. The highest BCUT2D eigenvalue weighted by molar-refractivity contribution is 5.71. The lowest BCUT2D eigenvalue weighted by Gasteiger charge is -2.29. The van der Waals surface area contributed by atoms with Gasteiger partial charge >= 0.3 is 6.03 Å². The van der Waals surface area contributed by atoms with Gasteiger partial charge in [0.15, 0.2) is 0 Å². The zero-order chi connectivity index (χ0) is 19.9. The molecule has 2 aliphatic rings. The van der Waals surface area contributed by atoms with Gasteiger partial charge in [0, 0.05) is 11.6 Å². The number of ether oxygens (including phenoxy) is 3. The molecule has 1 aromatic carbocycles. The summed E-state index contributed by atoms with van der Waals surface area (Å²) in [6, 6.07) is 4.37. The minimum absolute atomic E-state index is 0.106. The number of carbonyl (C=O) groups is 1. The topological polar surface area (TPSA) is 82.8 Å². The summed E-state index contributed by atoms with van der Waals surface area (Å²) in [5.41, 5.74) is 5.65. The first kappa shape index (κ1) is 20.9. The molecule has 2 saturated carbocycles. The summed E-state index contributed by atoms with van der Waals surface area (Å²) in [5.74, 6) is 0.958. The molecular formula is C21H31FN2O4. The van der Waals surface area contributed by atoms with Gasteiger partial charge in [-0.3, -0.25) is 0 Å². The van der Waals surface area contributed by atoms with Gasteiger partial charge in [-0.05, 0) is 57.4 Å². The Labute approximate surface area is 165 Å². The van der Waals surface area contributed by atoms with Crippen LogP contribution in [0.4, 0.5) is 9.18 Å². The maximum Gasteiger partial charge on any atom is 0.312 e. The third kappa shape index (κ3) is 6.95. The largest absolute Gasteiger partial charge is 0.493 e. The van der Waals surface area contributed by atoms with Crippen LogP contribution in [0, 0.1) is 11.7 Å². The number of hydrogen-bond donors (Lipinski definition) is 2. The second kappa shape index (κ2) is 10.1. The zero-order valence-electron chi connectivity index (χ0n) is 16.5. The number of benzene rings is 1. The van der Waals surface area contributed by atoms with Crippen LogP contribution in [-0.2, 0) is 16.1 Å². The third-order valence-electron chi connectivity index (χ3n) is 5.27. The molecule has 28 heavy (non-hydrogen) atoms. The molecule has 2 amide bonds. The van der Waals surface area contributed by atoms with Crippen LogP contribution < -0.4 is 15.8 Å². The number of hydrogen-bond acceptors (Lipinski definition) is 4. The number of amides is 2. The van der Waals surface area contributed by atoms with Gasteiger partial charge in [-0.1, -0.05) is 6.07 Å². The monoisotopic (exact) mass is 394 g/mol. The maximum atomic E-state index is 14.3. The molecule has 7 heteroatoms. The van der Waals surface area contributed by atoms with Gasteiger partial charge in [-0.2, -0.15) is 0 Å². The first-order valence-electron chi connectivity index (χ1n) is 10.2. The van der Waals surface area contributed by atoms with E-state index >= 15 is 0 Å². The summed E-state index contributed by atoms with van der Waals surface area (Å²) in [6.07, 6.45) is 6.26. The normalized spacial score (nSPS) is 23.2. The van der Waals surface area contributed by atoms with E-state index in [0.29, 0.717) is 30.4 Å². The molecule has 2 fully saturated rings. The van der Waals surface area contributed by atoms with Crippen molar-refractivity contribution in [2.24, 2.45) is 11.7 Å². The summed E-state index contributed by atoms with van der Waals surface area (Å²) in [6.45, 7) is 3.25. The Kier molecular flexibility index (Phi) is 7.50. The Bertz CT molecular complexity index is 645. The maximum absolute atomic E-state index is 14.3. The number of urea groups is 1. The minimum Gasteiger partial charge on any atom is -0.493 e. The number of nitrogens with one attached hydrogen (secondary N) is 1. The lowest BCUT2D eigenvalue weighted by Crippen LogP contribution is -2.40. The molecule has 1 aromatic rings. The van der Waals surface area contributed by atoms with E-state index in [4.69, 9.17) is 19.9 Å². The van der Waals surface area contributed by atoms with E-state index < -0.39 is 6.03 Å². The van der Waals surface area contributed by atoms with Crippen LogP contribution in [0.2, 0.25) is 0 Å². The lowest BCUT2D eigenvalue weighted by atomic mass is 9.95. The summed E-state index contributed by atoms with van der Waals surface area (Å²) < 4.78 is 31.6. The molecule has 0 aliphatic heterocycles. The van der Waals surface area contributed by atoms with Crippen LogP contribution in [0.25, 0.3) is 0 Å². The fraction of sp³-hybridized carbons (Fsp3) is 0.667. The predicted octanol–water partition coefficient (Wildman–Crippen LogP) is 3.52. The SMILES string of the molecule is CC(COC1CCC(OCc2ccc(OCC3CC3)cc2F)CC1)NC(N)=O. The standard InChI is InChI=1S/C21H31FN2O4/c1-14(24-21(23)25)11-26-17-6-8-18(9-7-17)28-13-16-4-5-19(10-20(16)22)27-12-15-2-3-15/h4-5,10,14-15,17-18H,2-3,6-9,11-13H2,1H3,(H3,23,24,25). The molecule has 0 saturated heterocycles. The van der Waals surface area contributed by atoms with Crippen LogP contribution in [0.3, 0.4) is 0 Å². The molecule has 6 nitrogen and oxygen atoms in total. The van der Waals surface area contributed by atoms with Crippen LogP contribution in [0.5, 0.6) is 5.75 Å². The molecule has 3 rings (SSSR count). The molecule has 1 unspecified atom stereocenters. The van der Waals surface area contributed by atoms with E-state index in [1.807, 2.05) is 13.0 Å². The minimum atomic E-state index is -0.539. The summed E-state index contributed by atoms with van der Waals surface area (Å²) in [5, 5.41) is 2.60. The average molecular weight is 394 g/mol. The molecule has 2 aliphatic carbocycles. The number of nitrogens with two attached hydrogens (primary N) is 1. The van der Waals surface area contributed by atoms with Crippen molar-refractivity contribution in [2.75, 3.05) is 13.2 Å². The lowest BCUT2D eigenvalue weighted by molar-refractivity contribution is -0.0402. The Hall–Kier alpha value is -1.86. The van der Waals surface area contributed by atoms with Gasteiger partial charge in [-0.15, -0.1) is 0 Å². The van der Waals surface area contributed by atoms with Gasteiger partial charge in [0.1, 0.15) is 11.6 Å². The molecule has 0 aromatic heterocycles. The van der Waals surface area contributed by atoms with E-state index in [0.717, 1.165) is 25.7 Å². The Morgan fingerprint density at radius 2 is 1.86 bits per heavy atom. The van der Waals surface area contributed by atoms with Crippen molar-refractivity contribution in [3.8, 4) is 5.75 Å². The highest BCUT2D eigenvalue weighted by Gasteiger charge is 2.24. The van der Waals surface area contributed by atoms with Crippen LogP contribution in [0.15, 0.2) is 18.2 Å². The van der Waals surface area contributed by atoms with Crippen molar-refractivity contribution >= 4 is 6.03 Å². The van der Waals surface area contributed by atoms with Crippen molar-refractivity contribution in [1.29, 1.82) is 0 Å². The van der Waals surface area contributed by atoms with Crippen molar-refractivity contribution in [1.82, 2.24) is 5.32 Å². The van der Waals surface area contributed by atoms with Crippen LogP contribution >= 0.6 is 0 Å². The molecular weight excluding hydrogens is 363 g/mol. The predicted molar refractivity (Wildman–Crippen MR) is 104 cm³/mol. The first-order valence-corrected chi connectivity index (χ1v) is 10.2. The van der Waals surface area contributed by atoms with E-state index in [2.05, 4.69) is 5.32 Å². The van der Waals surface area contributed by atoms with Crippen molar-refractivity contribution < 1.29 is 23.4 Å². The molecule has 0 radical (unpaired) electrons. The highest BCUT2D eigenvalue weighted by atomic mass is 19.1. The number of carbonyl (C=O) groups excluding carboxylic acids is 1. The summed E-state index contributed by atoms with van der Waals surface area (Å²) in [4.78, 5) is 10.8. The number of rotatable bonds is 10. The van der Waals surface area contributed by atoms with Crippen LogP contribution in [-0.4, -0.2) is 37.5 Å². The zero-order valence-corrected chi connectivity index (χ0v) is 16.5. The average Bonchev–Trinajstić information content (AvgIpc) is 3.49. The molecule has 3 N–H and O–H groups in total. The van der Waals surface area contributed by atoms with E-state index in [1.54, 1.807) is 6.07 Å². The fourth-order valence-corrected chi connectivity index (χ4v) is 3.37. The van der Waals surface area contributed by atoms with E-state index in [-0.39, 0.29) is 30.7 Å². The molecule has 0 heterocycles. The third-order valence-corrected chi connectivity index (χ3v) is 5.27. The fourth-order valence-electron chi connectivity index (χ4n) is 3.37. The van der Waals surface area contributed by atoms with Gasteiger partial charge in [0.2, 0.25) is 0 Å². The van der Waals surface area contributed by atoms with Gasteiger partial charge in [0.05, 0.1) is 38.1 Å². The molecule has 156 valence electrons. The van der Waals surface area contributed by atoms with Crippen molar-refractivity contribution in [3.05, 3.63) is 29.6 Å². The second-order valence-corrected chi connectivity index (χ2v) is 7.96. The molecule has 1 atom stereocenters. The number of halogens is 1. The van der Waals surface area contributed by atoms with Gasteiger partial charge in [0.25, 0.3) is 0 Å². The Morgan fingerprint density at radius 3 is 2.46 bits per heavy atom. The molecule has 0 bridgehead atoms. The Morgan fingerprint density at radius 1 is 1.18 bits per heavy atom. The second-order valence-electron chi connectivity index (χ2n) is 7.96. The van der Waals surface area contributed by atoms with Crippen molar-refractivity contribution in [3.63, 3.8) is 0 Å². The van der Waals surface area contributed by atoms with Crippen molar-refractivity contribution in [2.45, 2.75) is 70.3 Å². The van der Waals surface area contributed by atoms with Gasteiger partial charge in [-0.25, -0.2) is 9.18 Å². The Balaban J connectivity index is 1.34. The number of primary amides is 1. The van der Waals surface area contributed by atoms with E-state index in [1.165, 1.54) is 18.9 Å².